The molecular formula is C24H28N2O6S. The number of thiocarbonyl (C=S) groups is 1. The van der Waals surface area contributed by atoms with Crippen LogP contribution in [0.3, 0.4) is 0 Å². The Morgan fingerprint density at radius 3 is 2.09 bits per heavy atom. The van der Waals surface area contributed by atoms with E-state index in [1.165, 1.54) is 0 Å². The van der Waals surface area contributed by atoms with Crippen LogP contribution in [0.25, 0.3) is 0 Å². The molecule has 1 heterocycles. The van der Waals surface area contributed by atoms with Gasteiger partial charge in [0.15, 0.2) is 16.6 Å². The Kier molecular flexibility index (Phi) is 8.26. The molecule has 0 saturated heterocycles. The van der Waals surface area contributed by atoms with Crippen LogP contribution in [0.4, 0.5) is 5.69 Å². The zero-order valence-corrected chi connectivity index (χ0v) is 20.2. The van der Waals surface area contributed by atoms with E-state index >= 15 is 0 Å². The number of ether oxygens (including phenoxy) is 5. The minimum Gasteiger partial charge on any atom is -0.497 e. The number of methoxy groups -OCH3 is 5. The van der Waals surface area contributed by atoms with Gasteiger partial charge in [-0.2, -0.15) is 0 Å². The minimum absolute atomic E-state index is 0.452. The third-order valence-electron chi connectivity index (χ3n) is 4.96. The van der Waals surface area contributed by atoms with Crippen LogP contribution in [0.2, 0.25) is 0 Å². The maximum Gasteiger partial charge on any atom is 0.203 e. The summed E-state index contributed by atoms with van der Waals surface area (Å²) in [6, 6.07) is 13.0. The van der Waals surface area contributed by atoms with Crippen LogP contribution < -0.4 is 29.0 Å². The quantitative estimate of drug-likeness (QED) is 0.422. The van der Waals surface area contributed by atoms with Gasteiger partial charge in [0, 0.05) is 12.6 Å². The van der Waals surface area contributed by atoms with E-state index < -0.39 is 0 Å². The third-order valence-corrected chi connectivity index (χ3v) is 5.32. The number of furan rings is 1. The summed E-state index contributed by atoms with van der Waals surface area (Å²) in [4.78, 5) is 1.97. The van der Waals surface area contributed by atoms with Gasteiger partial charge in [-0.3, -0.25) is 0 Å². The first-order valence-corrected chi connectivity index (χ1v) is 10.5. The molecule has 0 radical (unpaired) electrons. The second-order valence-corrected chi connectivity index (χ2v) is 7.35. The lowest BCUT2D eigenvalue weighted by molar-refractivity contribution is 0.321. The Morgan fingerprint density at radius 2 is 1.55 bits per heavy atom. The van der Waals surface area contributed by atoms with Crippen molar-refractivity contribution in [3.8, 4) is 28.7 Å². The number of hydrogen-bond donors (Lipinski definition) is 1. The monoisotopic (exact) mass is 472 g/mol. The second kappa shape index (κ2) is 11.3. The fourth-order valence-corrected chi connectivity index (χ4v) is 3.57. The van der Waals surface area contributed by atoms with Gasteiger partial charge in [-0.1, -0.05) is 0 Å². The van der Waals surface area contributed by atoms with Crippen LogP contribution in [-0.2, 0) is 13.1 Å². The molecule has 3 aromatic rings. The smallest absolute Gasteiger partial charge is 0.203 e. The zero-order valence-electron chi connectivity index (χ0n) is 19.3. The summed E-state index contributed by atoms with van der Waals surface area (Å²) in [5, 5.41) is 3.76. The van der Waals surface area contributed by atoms with Crippen LogP contribution in [0.15, 0.2) is 53.1 Å². The highest BCUT2D eigenvalue weighted by atomic mass is 32.1. The molecule has 1 N–H and O–H groups in total. The molecule has 0 fully saturated rings. The number of nitrogens with one attached hydrogen (secondary N) is 1. The predicted molar refractivity (Wildman–Crippen MR) is 130 cm³/mol. The first kappa shape index (κ1) is 24.1. The van der Waals surface area contributed by atoms with Gasteiger partial charge >= 0.3 is 0 Å². The Balaban J connectivity index is 1.90. The van der Waals surface area contributed by atoms with Crippen molar-refractivity contribution >= 4 is 23.0 Å². The summed E-state index contributed by atoms with van der Waals surface area (Å²) in [7, 11) is 7.95. The summed E-state index contributed by atoms with van der Waals surface area (Å²) in [6.45, 7) is 0.912. The van der Waals surface area contributed by atoms with E-state index in [4.69, 9.17) is 40.3 Å². The van der Waals surface area contributed by atoms with Crippen LogP contribution >= 0.6 is 12.2 Å². The minimum atomic E-state index is 0.452. The fourth-order valence-electron chi connectivity index (χ4n) is 3.33. The van der Waals surface area contributed by atoms with Crippen molar-refractivity contribution in [3.63, 3.8) is 0 Å². The van der Waals surface area contributed by atoms with Crippen molar-refractivity contribution in [2.45, 2.75) is 13.1 Å². The van der Waals surface area contributed by atoms with Gasteiger partial charge < -0.3 is 38.3 Å². The molecule has 0 atom stereocenters. The summed E-state index contributed by atoms with van der Waals surface area (Å²) in [6.07, 6.45) is 1.63. The molecule has 33 heavy (non-hydrogen) atoms. The number of benzene rings is 2. The molecule has 0 bridgehead atoms. The summed E-state index contributed by atoms with van der Waals surface area (Å²) in [5.41, 5.74) is 1.64. The topological polar surface area (TPSA) is 74.6 Å². The lowest BCUT2D eigenvalue weighted by Gasteiger charge is -2.26. The van der Waals surface area contributed by atoms with E-state index in [0.29, 0.717) is 46.9 Å². The second-order valence-electron chi connectivity index (χ2n) is 6.97. The molecule has 0 saturated carbocycles. The third kappa shape index (κ3) is 5.81. The molecule has 0 unspecified atom stereocenters. The number of anilines is 1. The lowest BCUT2D eigenvalue weighted by atomic mass is 10.1. The molecule has 176 valence electrons. The average molecular weight is 473 g/mol. The van der Waals surface area contributed by atoms with E-state index in [0.717, 1.165) is 17.0 Å². The highest BCUT2D eigenvalue weighted by Gasteiger charge is 2.19. The van der Waals surface area contributed by atoms with Gasteiger partial charge in [-0.15, -0.1) is 0 Å². The fraction of sp³-hybridized carbons (Fsp3) is 0.292. The summed E-state index contributed by atoms with van der Waals surface area (Å²) < 4.78 is 32.8. The molecule has 9 heteroatoms. The van der Waals surface area contributed by atoms with Gasteiger partial charge in [0.2, 0.25) is 5.75 Å². The first-order valence-electron chi connectivity index (χ1n) is 10.1. The van der Waals surface area contributed by atoms with E-state index in [1.54, 1.807) is 47.9 Å². The van der Waals surface area contributed by atoms with E-state index in [1.807, 2.05) is 41.3 Å². The standard InChI is InChI=1S/C24H28N2O6S/c1-27-17-8-9-19(20(13-17)28-2)25-24(33)26(15-18-7-6-10-32-18)14-16-11-21(29-3)23(31-5)22(12-16)30-4/h6-13H,14-15H2,1-5H3,(H,25,33). The van der Waals surface area contributed by atoms with Crippen molar-refractivity contribution in [2.24, 2.45) is 0 Å². The highest BCUT2D eigenvalue weighted by molar-refractivity contribution is 7.80. The summed E-state index contributed by atoms with van der Waals surface area (Å²) in [5.74, 6) is 3.75. The predicted octanol–water partition coefficient (Wildman–Crippen LogP) is 4.72. The van der Waals surface area contributed by atoms with Crippen molar-refractivity contribution in [2.75, 3.05) is 40.9 Å². The number of rotatable bonds is 10. The van der Waals surface area contributed by atoms with Crippen molar-refractivity contribution in [3.05, 3.63) is 60.1 Å². The van der Waals surface area contributed by atoms with E-state index in [2.05, 4.69) is 5.32 Å². The van der Waals surface area contributed by atoms with Crippen molar-refractivity contribution in [1.29, 1.82) is 0 Å². The Hall–Kier alpha value is -3.59. The van der Waals surface area contributed by atoms with Crippen LogP contribution in [-0.4, -0.2) is 45.6 Å². The average Bonchev–Trinajstić information content (AvgIpc) is 3.36. The largest absolute Gasteiger partial charge is 0.497 e. The summed E-state index contributed by atoms with van der Waals surface area (Å²) >= 11 is 5.77. The lowest BCUT2D eigenvalue weighted by Crippen LogP contribution is -2.33. The number of nitrogens with zero attached hydrogens (tertiary/aromatic N) is 1. The molecule has 0 aliphatic heterocycles. The van der Waals surface area contributed by atoms with Crippen LogP contribution in [0.1, 0.15) is 11.3 Å². The molecule has 2 aromatic carbocycles. The molecule has 0 amide bonds. The van der Waals surface area contributed by atoms with E-state index in [9.17, 15) is 0 Å². The first-order chi connectivity index (χ1) is 16.0. The van der Waals surface area contributed by atoms with Crippen molar-refractivity contribution in [1.82, 2.24) is 4.90 Å². The SMILES string of the molecule is COc1ccc(NC(=S)N(Cc2cc(OC)c(OC)c(OC)c2)Cc2ccco2)c(OC)c1. The van der Waals surface area contributed by atoms with E-state index in [-0.39, 0.29) is 0 Å². The highest BCUT2D eigenvalue weighted by Crippen LogP contribution is 2.38. The molecule has 0 spiro atoms. The Morgan fingerprint density at radius 1 is 0.848 bits per heavy atom. The maximum atomic E-state index is 5.77. The van der Waals surface area contributed by atoms with Crippen LogP contribution in [0.5, 0.6) is 28.7 Å². The molecule has 0 aliphatic carbocycles. The molecule has 0 aliphatic rings. The van der Waals surface area contributed by atoms with Gasteiger partial charge in [0.1, 0.15) is 17.3 Å². The van der Waals surface area contributed by atoms with Crippen LogP contribution in [0, 0.1) is 0 Å². The van der Waals surface area contributed by atoms with Gasteiger partial charge in [0.25, 0.3) is 0 Å². The Bertz CT molecular complexity index is 1050. The normalized spacial score (nSPS) is 10.3. The zero-order chi connectivity index (χ0) is 23.8. The Labute approximate surface area is 198 Å². The number of hydrogen-bond acceptors (Lipinski definition) is 7. The molecule has 1 aromatic heterocycles. The van der Waals surface area contributed by atoms with Crippen molar-refractivity contribution < 1.29 is 28.1 Å². The molecule has 3 rings (SSSR count). The van der Waals surface area contributed by atoms with Gasteiger partial charge in [-0.05, 0) is 54.2 Å². The van der Waals surface area contributed by atoms with Gasteiger partial charge in [-0.25, -0.2) is 0 Å². The molecular weight excluding hydrogens is 444 g/mol. The van der Waals surface area contributed by atoms with Gasteiger partial charge in [0.05, 0.1) is 54.0 Å². The maximum absolute atomic E-state index is 5.77. The molecule has 8 nitrogen and oxygen atoms in total.